The van der Waals surface area contributed by atoms with E-state index in [9.17, 15) is 4.79 Å². The van der Waals surface area contributed by atoms with Crippen molar-refractivity contribution in [2.75, 3.05) is 0 Å². The van der Waals surface area contributed by atoms with Crippen LogP contribution in [0.3, 0.4) is 0 Å². The smallest absolute Gasteiger partial charge is 0.152 e. The molecule has 0 aliphatic carbocycles. The molecule has 0 saturated heterocycles. The second-order valence-electron chi connectivity index (χ2n) is 2.99. The predicted octanol–water partition coefficient (Wildman–Crippen LogP) is 2.41. The van der Waals surface area contributed by atoms with Crippen LogP contribution in [0.1, 0.15) is 11.3 Å². The summed E-state index contributed by atoms with van der Waals surface area (Å²) in [6.07, 6.45) is 7.31. The van der Waals surface area contributed by atoms with Gasteiger partial charge in [-0.15, -0.1) is 0 Å². The Bertz CT molecular complexity index is 458. The molecule has 2 rings (SSSR count). The maximum absolute atomic E-state index is 10.9. The van der Waals surface area contributed by atoms with E-state index in [1.807, 2.05) is 12.1 Å². The van der Waals surface area contributed by atoms with Gasteiger partial charge < -0.3 is 4.42 Å². The van der Waals surface area contributed by atoms with Crippen molar-refractivity contribution in [2.45, 2.75) is 0 Å². The summed E-state index contributed by atoms with van der Waals surface area (Å²) in [7, 11) is 0. The first kappa shape index (κ1) is 9.40. The molecule has 15 heavy (non-hydrogen) atoms. The monoisotopic (exact) mass is 199 g/mol. The van der Waals surface area contributed by atoms with E-state index in [0.717, 1.165) is 11.8 Å². The van der Waals surface area contributed by atoms with Crippen LogP contribution < -0.4 is 0 Å². The molecule has 2 aromatic heterocycles. The predicted molar refractivity (Wildman–Crippen MR) is 56.9 cm³/mol. The summed E-state index contributed by atoms with van der Waals surface area (Å²) in [5.74, 6) is 0. The van der Waals surface area contributed by atoms with E-state index in [1.165, 1.54) is 0 Å². The van der Waals surface area contributed by atoms with Gasteiger partial charge in [0.05, 0.1) is 18.2 Å². The number of rotatable bonds is 3. The highest BCUT2D eigenvalue weighted by Crippen LogP contribution is 2.13. The molecule has 0 aromatic carbocycles. The van der Waals surface area contributed by atoms with Crippen LogP contribution >= 0.6 is 0 Å². The van der Waals surface area contributed by atoms with E-state index < -0.39 is 0 Å². The van der Waals surface area contributed by atoms with Gasteiger partial charge in [0.1, 0.15) is 0 Å². The SMILES string of the molecule is O=CC(=Cc1ccoc1)c1ccccn1. The lowest BCUT2D eigenvalue weighted by molar-refractivity contribution is -0.103. The van der Waals surface area contributed by atoms with E-state index in [-0.39, 0.29) is 0 Å². The molecule has 3 nitrogen and oxygen atoms in total. The van der Waals surface area contributed by atoms with Crippen molar-refractivity contribution in [3.63, 3.8) is 0 Å². The van der Waals surface area contributed by atoms with Crippen molar-refractivity contribution < 1.29 is 9.21 Å². The van der Waals surface area contributed by atoms with Gasteiger partial charge in [0.15, 0.2) is 6.29 Å². The molecule has 0 spiro atoms. The molecule has 0 N–H and O–H groups in total. The molecule has 2 aromatic rings. The number of aromatic nitrogens is 1. The number of carbonyl (C=O) groups excluding carboxylic acids is 1. The Morgan fingerprint density at radius 2 is 2.27 bits per heavy atom. The maximum Gasteiger partial charge on any atom is 0.152 e. The zero-order chi connectivity index (χ0) is 10.5. The minimum atomic E-state index is 0.539. The first-order valence-electron chi connectivity index (χ1n) is 4.50. The van der Waals surface area contributed by atoms with E-state index in [4.69, 9.17) is 4.42 Å². The summed E-state index contributed by atoms with van der Waals surface area (Å²) in [5.41, 5.74) is 2.05. The van der Waals surface area contributed by atoms with Crippen molar-refractivity contribution in [1.29, 1.82) is 0 Å². The fraction of sp³-hybridized carbons (Fsp3) is 0. The number of pyridine rings is 1. The van der Waals surface area contributed by atoms with Crippen LogP contribution in [0, 0.1) is 0 Å². The Labute approximate surface area is 87.1 Å². The van der Waals surface area contributed by atoms with Gasteiger partial charge in [-0.2, -0.15) is 0 Å². The summed E-state index contributed by atoms with van der Waals surface area (Å²) >= 11 is 0. The molecule has 2 heterocycles. The molecule has 3 heteroatoms. The third kappa shape index (κ3) is 2.20. The van der Waals surface area contributed by atoms with E-state index in [2.05, 4.69) is 4.98 Å². The van der Waals surface area contributed by atoms with Crippen molar-refractivity contribution >= 4 is 17.9 Å². The molecule has 0 atom stereocenters. The van der Waals surface area contributed by atoms with Gasteiger partial charge >= 0.3 is 0 Å². The van der Waals surface area contributed by atoms with Crippen LogP contribution in [0.2, 0.25) is 0 Å². The molecule has 0 bridgehead atoms. The van der Waals surface area contributed by atoms with E-state index in [1.54, 1.807) is 36.9 Å². The highest BCUT2D eigenvalue weighted by molar-refractivity contribution is 6.12. The van der Waals surface area contributed by atoms with Gasteiger partial charge in [-0.25, -0.2) is 0 Å². The first-order valence-corrected chi connectivity index (χ1v) is 4.50. The quantitative estimate of drug-likeness (QED) is 0.563. The van der Waals surface area contributed by atoms with E-state index >= 15 is 0 Å². The van der Waals surface area contributed by atoms with Gasteiger partial charge in [0.25, 0.3) is 0 Å². The molecule has 74 valence electrons. The molecule has 0 radical (unpaired) electrons. The molecule has 0 saturated carbocycles. The van der Waals surface area contributed by atoms with Crippen LogP contribution in [-0.2, 0) is 4.79 Å². The Hall–Kier alpha value is -2.16. The van der Waals surface area contributed by atoms with Gasteiger partial charge in [-0.3, -0.25) is 9.78 Å². The minimum absolute atomic E-state index is 0.539. The van der Waals surface area contributed by atoms with Crippen LogP contribution in [0.15, 0.2) is 47.4 Å². The fourth-order valence-electron chi connectivity index (χ4n) is 1.24. The molecule has 0 fully saturated rings. The van der Waals surface area contributed by atoms with E-state index in [0.29, 0.717) is 11.3 Å². The largest absolute Gasteiger partial charge is 0.472 e. The molecule has 0 unspecified atom stereocenters. The number of furan rings is 1. The number of carbonyl (C=O) groups is 1. The lowest BCUT2D eigenvalue weighted by atomic mass is 10.1. The van der Waals surface area contributed by atoms with Crippen LogP contribution in [0.5, 0.6) is 0 Å². The Morgan fingerprint density at radius 1 is 1.33 bits per heavy atom. The highest BCUT2D eigenvalue weighted by atomic mass is 16.3. The van der Waals surface area contributed by atoms with Gasteiger partial charge in [-0.1, -0.05) is 6.07 Å². The summed E-state index contributed by atoms with van der Waals surface area (Å²) in [5, 5.41) is 0. The Kier molecular flexibility index (Phi) is 2.74. The number of aldehydes is 1. The van der Waals surface area contributed by atoms with Gasteiger partial charge in [0.2, 0.25) is 0 Å². The molecular formula is C12H9NO2. The van der Waals surface area contributed by atoms with Crippen LogP contribution in [0.4, 0.5) is 0 Å². The van der Waals surface area contributed by atoms with Crippen molar-refractivity contribution in [3.05, 3.63) is 54.2 Å². The molecule has 0 aliphatic heterocycles. The summed E-state index contributed by atoms with van der Waals surface area (Å²) < 4.78 is 4.91. The maximum atomic E-state index is 10.9. The summed E-state index contributed by atoms with van der Waals surface area (Å²) in [6.45, 7) is 0. The zero-order valence-corrected chi connectivity index (χ0v) is 7.96. The van der Waals surface area contributed by atoms with Gasteiger partial charge in [0, 0.05) is 17.3 Å². The third-order valence-corrected chi connectivity index (χ3v) is 1.95. The second-order valence-corrected chi connectivity index (χ2v) is 2.99. The van der Waals surface area contributed by atoms with Crippen LogP contribution in [0.25, 0.3) is 11.6 Å². The number of hydrogen-bond acceptors (Lipinski definition) is 3. The van der Waals surface area contributed by atoms with Crippen molar-refractivity contribution in [2.24, 2.45) is 0 Å². The lowest BCUT2D eigenvalue weighted by Crippen LogP contribution is -1.88. The van der Waals surface area contributed by atoms with Crippen molar-refractivity contribution in [1.82, 2.24) is 4.98 Å². The highest BCUT2D eigenvalue weighted by Gasteiger charge is 2.01. The minimum Gasteiger partial charge on any atom is -0.472 e. The average Bonchev–Trinajstić information content (AvgIpc) is 2.80. The fourth-order valence-corrected chi connectivity index (χ4v) is 1.24. The summed E-state index contributed by atoms with van der Waals surface area (Å²) in [4.78, 5) is 15.0. The standard InChI is InChI=1S/C12H9NO2/c14-8-11(7-10-4-6-15-9-10)12-3-1-2-5-13-12/h1-9H. The molecular weight excluding hydrogens is 190 g/mol. The molecule has 0 amide bonds. The first-order chi connectivity index (χ1) is 7.40. The topological polar surface area (TPSA) is 43.1 Å². The Morgan fingerprint density at radius 3 is 2.87 bits per heavy atom. The lowest BCUT2D eigenvalue weighted by Gasteiger charge is -1.96. The van der Waals surface area contributed by atoms with Gasteiger partial charge in [-0.05, 0) is 24.3 Å². The number of hydrogen-bond donors (Lipinski definition) is 0. The average molecular weight is 199 g/mol. The third-order valence-electron chi connectivity index (χ3n) is 1.95. The zero-order valence-electron chi connectivity index (χ0n) is 7.96. The second kappa shape index (κ2) is 4.37. The molecule has 0 aliphatic rings. The Balaban J connectivity index is 2.37. The normalized spacial score (nSPS) is 11.3. The number of allylic oxidation sites excluding steroid dienone is 1. The summed E-state index contributed by atoms with van der Waals surface area (Å²) in [6, 6.07) is 7.23. The van der Waals surface area contributed by atoms with Crippen molar-refractivity contribution in [3.8, 4) is 0 Å². The number of nitrogens with zero attached hydrogens (tertiary/aromatic N) is 1. The van der Waals surface area contributed by atoms with Crippen LogP contribution in [-0.4, -0.2) is 11.3 Å².